The Morgan fingerprint density at radius 1 is 1.06 bits per heavy atom. The van der Waals surface area contributed by atoms with Crippen LogP contribution in [0.5, 0.6) is 5.75 Å². The maximum Gasteiger partial charge on any atom is 0.350 e. The average Bonchev–Trinajstić information content (AvgIpc) is 3.46. The largest absolute Gasteiger partial charge is 0.508 e. The molecule has 0 unspecified atom stereocenters. The van der Waals surface area contributed by atoms with Gasteiger partial charge in [-0.15, -0.1) is 11.3 Å². The molecule has 0 saturated carbocycles. The molecule has 0 atom stereocenters. The molecule has 0 aliphatic carbocycles. The molecule has 2 aliphatic heterocycles. The van der Waals surface area contributed by atoms with Crippen LogP contribution in [-0.2, 0) is 17.8 Å². The molecule has 0 bridgehead atoms. The average molecular weight is 506 g/mol. The van der Waals surface area contributed by atoms with Crippen molar-refractivity contribution in [2.75, 3.05) is 32.8 Å². The van der Waals surface area contributed by atoms with Crippen LogP contribution in [0, 0.1) is 12.3 Å². The number of piperidine rings is 1. The van der Waals surface area contributed by atoms with Crippen molar-refractivity contribution in [2.24, 2.45) is 5.41 Å². The van der Waals surface area contributed by atoms with Crippen molar-refractivity contribution in [3.05, 3.63) is 70.2 Å². The van der Waals surface area contributed by atoms with E-state index in [1.54, 1.807) is 13.0 Å². The highest BCUT2D eigenvalue weighted by Crippen LogP contribution is 2.42. The molecule has 3 aromatic rings. The van der Waals surface area contributed by atoms with Gasteiger partial charge in [0.25, 0.3) is 0 Å². The van der Waals surface area contributed by atoms with Gasteiger partial charge in [0.2, 0.25) is 0 Å². The summed E-state index contributed by atoms with van der Waals surface area (Å²) in [5, 5.41) is 11.4. The molecule has 6 nitrogen and oxygen atoms in total. The van der Waals surface area contributed by atoms with Crippen molar-refractivity contribution in [1.82, 2.24) is 14.8 Å². The van der Waals surface area contributed by atoms with E-state index in [1.165, 1.54) is 36.2 Å². The summed E-state index contributed by atoms with van der Waals surface area (Å²) in [6, 6.07) is 16.4. The molecule has 2 aliphatic rings. The van der Waals surface area contributed by atoms with Crippen molar-refractivity contribution in [2.45, 2.75) is 46.2 Å². The second-order valence-corrected chi connectivity index (χ2v) is 11.2. The van der Waals surface area contributed by atoms with Crippen LogP contribution in [0.15, 0.2) is 48.5 Å². The fourth-order valence-electron chi connectivity index (χ4n) is 5.59. The second kappa shape index (κ2) is 10.7. The van der Waals surface area contributed by atoms with Crippen molar-refractivity contribution < 1.29 is 14.6 Å². The number of ether oxygens (including phenoxy) is 1. The first-order valence-corrected chi connectivity index (χ1v) is 13.7. The van der Waals surface area contributed by atoms with Crippen LogP contribution in [0.2, 0.25) is 0 Å². The van der Waals surface area contributed by atoms with Gasteiger partial charge in [-0.25, -0.2) is 9.78 Å². The lowest BCUT2D eigenvalue weighted by molar-refractivity contribution is 0.0531. The Bertz CT molecular complexity index is 1200. The molecule has 1 N–H and O–H groups in total. The minimum Gasteiger partial charge on any atom is -0.508 e. The number of phenols is 1. The fourth-order valence-corrected chi connectivity index (χ4v) is 6.55. The normalized spacial score (nSPS) is 18.1. The number of benzene rings is 2. The summed E-state index contributed by atoms with van der Waals surface area (Å²) in [4.78, 5) is 22.4. The van der Waals surface area contributed by atoms with E-state index in [9.17, 15) is 9.90 Å². The van der Waals surface area contributed by atoms with Crippen LogP contribution in [0.4, 0.5) is 0 Å². The number of aromatic hydroxyl groups is 1. The zero-order valence-corrected chi connectivity index (χ0v) is 22.0. The maximum atomic E-state index is 12.2. The summed E-state index contributed by atoms with van der Waals surface area (Å²) in [6.07, 6.45) is 3.69. The van der Waals surface area contributed by atoms with Gasteiger partial charge in [-0.05, 0) is 81.9 Å². The molecule has 0 amide bonds. The Morgan fingerprint density at radius 2 is 1.78 bits per heavy atom. The smallest absolute Gasteiger partial charge is 0.350 e. The number of nitrogens with zero attached hydrogens (tertiary/aromatic N) is 3. The second-order valence-electron chi connectivity index (χ2n) is 10.2. The summed E-state index contributed by atoms with van der Waals surface area (Å²) in [6.45, 7) is 10.2. The molecule has 2 fully saturated rings. The third-order valence-corrected chi connectivity index (χ3v) is 8.85. The van der Waals surface area contributed by atoms with Gasteiger partial charge in [0, 0.05) is 30.8 Å². The SMILES string of the molecule is CCOC(=O)c1sc(-c2ccc(O)c(CN3CCC4(CCN(Cc5ccccc5)CC4)C3)c2)nc1C. The highest BCUT2D eigenvalue weighted by Gasteiger charge is 2.40. The van der Waals surface area contributed by atoms with Gasteiger partial charge in [-0.3, -0.25) is 9.80 Å². The van der Waals surface area contributed by atoms with Crippen LogP contribution in [0.1, 0.15) is 52.7 Å². The topological polar surface area (TPSA) is 65.9 Å². The number of thiazole rings is 1. The molecule has 1 aromatic heterocycles. The highest BCUT2D eigenvalue weighted by atomic mass is 32.1. The van der Waals surface area contributed by atoms with Crippen LogP contribution in [-0.4, -0.2) is 58.6 Å². The molecule has 5 rings (SSSR count). The summed E-state index contributed by atoms with van der Waals surface area (Å²) in [7, 11) is 0. The van der Waals surface area contributed by atoms with E-state index in [4.69, 9.17) is 4.74 Å². The quantitative estimate of drug-likeness (QED) is 0.429. The number of hydrogen-bond donors (Lipinski definition) is 1. The first-order valence-electron chi connectivity index (χ1n) is 12.9. The first kappa shape index (κ1) is 24.9. The van der Waals surface area contributed by atoms with E-state index in [1.807, 2.05) is 19.1 Å². The van der Waals surface area contributed by atoms with Crippen molar-refractivity contribution in [3.63, 3.8) is 0 Å². The number of carbonyl (C=O) groups excluding carboxylic acids is 1. The zero-order valence-electron chi connectivity index (χ0n) is 21.2. The predicted octanol–water partition coefficient (Wildman–Crippen LogP) is 5.49. The molecule has 2 saturated heterocycles. The molecule has 2 aromatic carbocycles. The maximum absolute atomic E-state index is 12.2. The Balaban J connectivity index is 1.22. The highest BCUT2D eigenvalue weighted by molar-refractivity contribution is 7.17. The number of aryl methyl sites for hydroxylation is 1. The lowest BCUT2D eigenvalue weighted by Gasteiger charge is -2.39. The van der Waals surface area contributed by atoms with Gasteiger partial charge >= 0.3 is 5.97 Å². The van der Waals surface area contributed by atoms with E-state index >= 15 is 0 Å². The molecular weight excluding hydrogens is 470 g/mol. The Morgan fingerprint density at radius 3 is 2.50 bits per heavy atom. The van der Waals surface area contributed by atoms with Crippen molar-refractivity contribution in [1.29, 1.82) is 0 Å². The number of rotatable bonds is 7. The number of phenolic OH excluding ortho intramolecular Hbond substituents is 1. The number of likely N-dealkylation sites (tertiary alicyclic amines) is 2. The molecule has 0 radical (unpaired) electrons. The van der Waals surface area contributed by atoms with Gasteiger partial charge < -0.3 is 9.84 Å². The Hall–Kier alpha value is -2.74. The minimum absolute atomic E-state index is 0.316. The molecule has 1 spiro atoms. The van der Waals surface area contributed by atoms with Crippen molar-refractivity contribution in [3.8, 4) is 16.3 Å². The molecule has 3 heterocycles. The summed E-state index contributed by atoms with van der Waals surface area (Å²) in [5.74, 6) is -0.00814. The van der Waals surface area contributed by atoms with E-state index in [0.29, 0.717) is 28.3 Å². The van der Waals surface area contributed by atoms with Crippen LogP contribution >= 0.6 is 11.3 Å². The third-order valence-electron chi connectivity index (χ3n) is 7.66. The third kappa shape index (κ3) is 5.48. The van der Waals surface area contributed by atoms with Gasteiger partial charge in [-0.2, -0.15) is 0 Å². The Kier molecular flexibility index (Phi) is 7.42. The monoisotopic (exact) mass is 505 g/mol. The van der Waals surface area contributed by atoms with E-state index in [-0.39, 0.29) is 5.97 Å². The minimum atomic E-state index is -0.324. The molecular formula is C29H35N3O3S. The molecule has 36 heavy (non-hydrogen) atoms. The van der Waals surface area contributed by atoms with Gasteiger partial charge in [0.1, 0.15) is 15.6 Å². The zero-order chi connectivity index (χ0) is 25.1. The summed E-state index contributed by atoms with van der Waals surface area (Å²) >= 11 is 1.35. The number of aromatic nitrogens is 1. The number of hydrogen-bond acceptors (Lipinski definition) is 7. The lowest BCUT2D eigenvalue weighted by Crippen LogP contribution is -2.41. The number of carbonyl (C=O) groups is 1. The molecule has 7 heteroatoms. The van der Waals surface area contributed by atoms with Gasteiger partial charge in [0.05, 0.1) is 12.3 Å². The summed E-state index contributed by atoms with van der Waals surface area (Å²) in [5.41, 5.74) is 4.30. The fraction of sp³-hybridized carbons (Fsp3) is 0.448. The van der Waals surface area contributed by atoms with E-state index in [0.717, 1.165) is 55.4 Å². The summed E-state index contributed by atoms with van der Waals surface area (Å²) < 4.78 is 5.16. The van der Waals surface area contributed by atoms with E-state index < -0.39 is 0 Å². The standard InChI is InChI=1S/C29H35N3O3S/c1-3-35-28(34)26-21(2)30-27(36-26)23-9-10-25(33)24(17-23)19-32-16-13-29(20-32)11-14-31(15-12-29)18-22-7-5-4-6-8-22/h4-10,17,33H,3,11-16,18-20H2,1-2H3. The molecule has 190 valence electrons. The van der Waals surface area contributed by atoms with Gasteiger partial charge in [0.15, 0.2) is 0 Å². The van der Waals surface area contributed by atoms with Crippen molar-refractivity contribution >= 4 is 17.3 Å². The number of esters is 1. The van der Waals surface area contributed by atoms with Crippen LogP contribution in [0.3, 0.4) is 0 Å². The first-order chi connectivity index (χ1) is 17.4. The predicted molar refractivity (Wildman–Crippen MR) is 143 cm³/mol. The van der Waals surface area contributed by atoms with Crippen LogP contribution < -0.4 is 0 Å². The lowest BCUT2D eigenvalue weighted by atomic mass is 9.77. The van der Waals surface area contributed by atoms with Crippen LogP contribution in [0.25, 0.3) is 10.6 Å². The van der Waals surface area contributed by atoms with E-state index in [2.05, 4.69) is 45.1 Å². The Labute approximate surface area is 217 Å². The van der Waals surface area contributed by atoms with Gasteiger partial charge in [-0.1, -0.05) is 30.3 Å².